The molecule has 2 N–H and O–H groups in total. The Morgan fingerprint density at radius 1 is 1.28 bits per heavy atom. The quantitative estimate of drug-likeness (QED) is 0.925. The highest BCUT2D eigenvalue weighted by atomic mass is 35.5. The van der Waals surface area contributed by atoms with Crippen LogP contribution in [0.4, 0.5) is 0 Å². The van der Waals surface area contributed by atoms with E-state index in [9.17, 15) is 0 Å². The lowest BCUT2D eigenvalue weighted by Crippen LogP contribution is -2.01. The lowest BCUT2D eigenvalue weighted by molar-refractivity contribution is 0.416. The van der Waals surface area contributed by atoms with Crippen molar-refractivity contribution in [3.63, 3.8) is 0 Å². The van der Waals surface area contributed by atoms with Crippen LogP contribution in [0.1, 0.15) is 11.3 Å². The van der Waals surface area contributed by atoms with E-state index >= 15 is 0 Å². The van der Waals surface area contributed by atoms with E-state index in [2.05, 4.69) is 10.2 Å². The molecule has 0 aliphatic carbocycles. The number of hydrogen-bond donors (Lipinski definition) is 1. The third-order valence-corrected chi connectivity index (χ3v) is 3.09. The molecule has 5 heteroatoms. The first-order valence-electron chi connectivity index (χ1n) is 5.53. The lowest BCUT2D eigenvalue weighted by atomic mass is 10.1. The molecular formula is C13H14ClN3O. The van der Waals surface area contributed by atoms with Gasteiger partial charge in [-0.25, -0.2) is 0 Å². The van der Waals surface area contributed by atoms with Crippen molar-refractivity contribution in [1.82, 2.24) is 10.2 Å². The van der Waals surface area contributed by atoms with Gasteiger partial charge in [0.05, 0.1) is 18.5 Å². The van der Waals surface area contributed by atoms with Crippen molar-refractivity contribution in [3.05, 3.63) is 40.5 Å². The summed E-state index contributed by atoms with van der Waals surface area (Å²) in [7, 11) is 1.62. The van der Waals surface area contributed by atoms with Crippen LogP contribution in [0.15, 0.2) is 24.3 Å². The van der Waals surface area contributed by atoms with Crippen LogP contribution in [0.3, 0.4) is 0 Å². The van der Waals surface area contributed by atoms with Gasteiger partial charge in [-0.15, -0.1) is 0 Å². The van der Waals surface area contributed by atoms with Crippen LogP contribution < -0.4 is 10.5 Å². The van der Waals surface area contributed by atoms with E-state index in [1.165, 1.54) is 0 Å². The van der Waals surface area contributed by atoms with E-state index in [0.29, 0.717) is 17.3 Å². The molecule has 1 aromatic carbocycles. The van der Waals surface area contributed by atoms with Crippen molar-refractivity contribution >= 4 is 11.6 Å². The molecule has 0 spiro atoms. The number of ether oxygens (including phenoxy) is 1. The average Bonchev–Trinajstić information content (AvgIpc) is 2.41. The number of halogens is 1. The molecule has 0 saturated carbocycles. The second kappa shape index (κ2) is 5.33. The molecule has 4 nitrogen and oxygen atoms in total. The molecule has 0 saturated heterocycles. The van der Waals surface area contributed by atoms with Crippen LogP contribution in [0.2, 0.25) is 5.02 Å². The summed E-state index contributed by atoms with van der Waals surface area (Å²) >= 11 is 6.13. The lowest BCUT2D eigenvalue weighted by Gasteiger charge is -2.10. The number of benzene rings is 1. The highest BCUT2D eigenvalue weighted by molar-refractivity contribution is 6.31. The van der Waals surface area contributed by atoms with E-state index < -0.39 is 0 Å². The number of aromatic nitrogens is 2. The molecule has 1 aromatic heterocycles. The van der Waals surface area contributed by atoms with E-state index in [-0.39, 0.29) is 0 Å². The Balaban J connectivity index is 2.51. The van der Waals surface area contributed by atoms with Gasteiger partial charge in [-0.05, 0) is 36.8 Å². The molecule has 0 atom stereocenters. The number of nitrogens with zero attached hydrogens (tertiary/aromatic N) is 2. The molecule has 18 heavy (non-hydrogen) atoms. The third-order valence-electron chi connectivity index (χ3n) is 2.69. The van der Waals surface area contributed by atoms with Crippen LogP contribution >= 0.6 is 11.6 Å². The molecule has 2 aromatic rings. The highest BCUT2D eigenvalue weighted by Gasteiger charge is 2.10. The molecule has 0 fully saturated rings. The number of methoxy groups -OCH3 is 1. The predicted molar refractivity (Wildman–Crippen MR) is 71.7 cm³/mol. The first-order chi connectivity index (χ1) is 8.65. The molecule has 0 aliphatic rings. The van der Waals surface area contributed by atoms with E-state index in [0.717, 1.165) is 22.6 Å². The summed E-state index contributed by atoms with van der Waals surface area (Å²) in [4.78, 5) is 0. The Morgan fingerprint density at radius 3 is 2.61 bits per heavy atom. The fourth-order valence-corrected chi connectivity index (χ4v) is 1.80. The minimum atomic E-state index is 0.374. The fraction of sp³-hybridized carbons (Fsp3) is 0.231. The molecular weight excluding hydrogens is 250 g/mol. The molecule has 0 radical (unpaired) electrons. The molecule has 0 amide bonds. The second-order valence-electron chi connectivity index (χ2n) is 3.92. The maximum absolute atomic E-state index is 6.13. The summed E-state index contributed by atoms with van der Waals surface area (Å²) in [6, 6.07) is 7.42. The normalized spacial score (nSPS) is 10.4. The smallest absolute Gasteiger partial charge is 0.128 e. The summed E-state index contributed by atoms with van der Waals surface area (Å²) in [5.74, 6) is 0.728. The summed E-state index contributed by atoms with van der Waals surface area (Å²) < 4.78 is 5.34. The van der Waals surface area contributed by atoms with Gasteiger partial charge in [0.2, 0.25) is 0 Å². The zero-order valence-electron chi connectivity index (χ0n) is 10.3. The van der Waals surface area contributed by atoms with Crippen molar-refractivity contribution < 1.29 is 4.74 Å². The SMILES string of the molecule is COc1cc(C)c(Cl)cc1-c1ccc(CN)nn1. The Morgan fingerprint density at radius 2 is 2.06 bits per heavy atom. The molecule has 0 aliphatic heterocycles. The summed E-state index contributed by atoms with van der Waals surface area (Å²) in [6.45, 7) is 2.30. The monoisotopic (exact) mass is 263 g/mol. The summed E-state index contributed by atoms with van der Waals surface area (Å²) in [6.07, 6.45) is 0. The minimum absolute atomic E-state index is 0.374. The Kier molecular flexibility index (Phi) is 3.79. The Bertz CT molecular complexity index is 555. The second-order valence-corrected chi connectivity index (χ2v) is 4.32. The van der Waals surface area contributed by atoms with Crippen LogP contribution in [0, 0.1) is 6.92 Å². The molecule has 0 bridgehead atoms. The van der Waals surface area contributed by atoms with Gasteiger partial charge in [0.25, 0.3) is 0 Å². The Hall–Kier alpha value is -1.65. The van der Waals surface area contributed by atoms with Gasteiger partial charge in [0.1, 0.15) is 5.75 Å². The van der Waals surface area contributed by atoms with Crippen molar-refractivity contribution in [1.29, 1.82) is 0 Å². The molecule has 2 rings (SSSR count). The van der Waals surface area contributed by atoms with Crippen molar-refractivity contribution in [2.45, 2.75) is 13.5 Å². The van der Waals surface area contributed by atoms with E-state index in [1.54, 1.807) is 7.11 Å². The van der Waals surface area contributed by atoms with Crippen LogP contribution in [0.5, 0.6) is 5.75 Å². The molecule has 94 valence electrons. The minimum Gasteiger partial charge on any atom is -0.496 e. The van der Waals surface area contributed by atoms with Gasteiger partial charge in [0.15, 0.2) is 0 Å². The van der Waals surface area contributed by atoms with Crippen LogP contribution in [0.25, 0.3) is 11.3 Å². The highest BCUT2D eigenvalue weighted by Crippen LogP contribution is 2.33. The first kappa shape index (κ1) is 12.8. The maximum atomic E-state index is 6.13. The molecule has 1 heterocycles. The first-order valence-corrected chi connectivity index (χ1v) is 5.90. The van der Waals surface area contributed by atoms with Gasteiger partial charge in [-0.1, -0.05) is 11.6 Å². The average molecular weight is 264 g/mol. The van der Waals surface area contributed by atoms with Crippen LogP contribution in [-0.4, -0.2) is 17.3 Å². The van der Waals surface area contributed by atoms with Gasteiger partial charge < -0.3 is 10.5 Å². The zero-order chi connectivity index (χ0) is 13.1. The molecule has 0 unspecified atom stereocenters. The Labute approximate surface area is 111 Å². The van der Waals surface area contributed by atoms with Crippen LogP contribution in [-0.2, 0) is 6.54 Å². The van der Waals surface area contributed by atoms with Crippen molar-refractivity contribution in [3.8, 4) is 17.0 Å². The number of nitrogens with two attached hydrogens (primary N) is 1. The topological polar surface area (TPSA) is 61.0 Å². The number of hydrogen-bond acceptors (Lipinski definition) is 4. The summed E-state index contributed by atoms with van der Waals surface area (Å²) in [5.41, 5.74) is 8.74. The van der Waals surface area contributed by atoms with Gasteiger partial charge >= 0.3 is 0 Å². The fourth-order valence-electron chi connectivity index (χ4n) is 1.64. The predicted octanol–water partition coefficient (Wildman–Crippen LogP) is 2.57. The zero-order valence-corrected chi connectivity index (χ0v) is 11.0. The number of aryl methyl sites for hydroxylation is 1. The maximum Gasteiger partial charge on any atom is 0.128 e. The largest absolute Gasteiger partial charge is 0.496 e. The van der Waals surface area contributed by atoms with Gasteiger partial charge in [-0.3, -0.25) is 0 Å². The summed E-state index contributed by atoms with van der Waals surface area (Å²) in [5, 5.41) is 8.83. The van der Waals surface area contributed by atoms with E-state index in [1.807, 2.05) is 31.2 Å². The van der Waals surface area contributed by atoms with Crippen molar-refractivity contribution in [2.24, 2.45) is 5.73 Å². The van der Waals surface area contributed by atoms with E-state index in [4.69, 9.17) is 22.1 Å². The van der Waals surface area contributed by atoms with Gasteiger partial charge in [0, 0.05) is 17.1 Å². The van der Waals surface area contributed by atoms with Gasteiger partial charge in [-0.2, -0.15) is 10.2 Å². The third kappa shape index (κ3) is 2.44. The number of rotatable bonds is 3. The standard InChI is InChI=1S/C13H14ClN3O/c1-8-5-13(18-2)10(6-11(8)14)12-4-3-9(7-15)16-17-12/h3-6H,7,15H2,1-2H3. The van der Waals surface area contributed by atoms with Crippen molar-refractivity contribution in [2.75, 3.05) is 7.11 Å².